The van der Waals surface area contributed by atoms with E-state index in [1.54, 1.807) is 0 Å². The van der Waals surface area contributed by atoms with Crippen LogP contribution in [0.4, 0.5) is 5.95 Å². The molecule has 2 fully saturated rings. The van der Waals surface area contributed by atoms with Crippen molar-refractivity contribution in [1.82, 2.24) is 14.9 Å². The molecule has 0 N–H and O–H groups in total. The summed E-state index contributed by atoms with van der Waals surface area (Å²) in [5, 5.41) is 0. The smallest absolute Gasteiger partial charge is 0.226 e. The third kappa shape index (κ3) is 3.60. The standard InChI is InChI=1S/C21H28N4O/c1-16-17(2)22-21(25-9-5-6-10-25)23-20(16)19-8-4-3-7-18(19)15-24-11-13-26-14-12-24/h3-4,7-8H,5-6,9-15H2,1-2H3. The third-order valence-electron chi connectivity index (χ3n) is 5.54. The van der Waals surface area contributed by atoms with Crippen molar-refractivity contribution in [1.29, 1.82) is 0 Å². The maximum absolute atomic E-state index is 5.49. The quantitative estimate of drug-likeness (QED) is 0.845. The molecule has 0 bridgehead atoms. The largest absolute Gasteiger partial charge is 0.379 e. The van der Waals surface area contributed by atoms with E-state index in [1.807, 2.05) is 0 Å². The molecule has 4 rings (SSSR count). The average molecular weight is 352 g/mol. The molecular weight excluding hydrogens is 324 g/mol. The van der Waals surface area contributed by atoms with E-state index in [4.69, 9.17) is 14.7 Å². The fourth-order valence-electron chi connectivity index (χ4n) is 3.82. The molecule has 3 heterocycles. The zero-order valence-electron chi connectivity index (χ0n) is 15.9. The lowest BCUT2D eigenvalue weighted by molar-refractivity contribution is 0.0342. The van der Waals surface area contributed by atoms with E-state index in [1.165, 1.54) is 29.5 Å². The van der Waals surface area contributed by atoms with E-state index in [9.17, 15) is 0 Å². The third-order valence-corrected chi connectivity index (χ3v) is 5.54. The lowest BCUT2D eigenvalue weighted by atomic mass is 9.99. The monoisotopic (exact) mass is 352 g/mol. The molecule has 0 amide bonds. The zero-order valence-corrected chi connectivity index (χ0v) is 15.9. The first-order valence-electron chi connectivity index (χ1n) is 9.71. The molecule has 2 saturated heterocycles. The molecule has 0 spiro atoms. The number of hydrogen-bond acceptors (Lipinski definition) is 5. The molecule has 2 aliphatic rings. The van der Waals surface area contributed by atoms with E-state index in [-0.39, 0.29) is 0 Å². The number of rotatable bonds is 4. The van der Waals surface area contributed by atoms with Crippen LogP contribution in [0.3, 0.4) is 0 Å². The molecule has 2 aromatic rings. The van der Waals surface area contributed by atoms with Crippen LogP contribution in [0.25, 0.3) is 11.3 Å². The highest BCUT2D eigenvalue weighted by atomic mass is 16.5. The van der Waals surface area contributed by atoms with Crippen LogP contribution in [0.15, 0.2) is 24.3 Å². The summed E-state index contributed by atoms with van der Waals surface area (Å²) in [6.45, 7) is 11.0. The highest BCUT2D eigenvalue weighted by molar-refractivity contribution is 5.68. The molecule has 0 atom stereocenters. The van der Waals surface area contributed by atoms with Crippen LogP contribution in [0.2, 0.25) is 0 Å². The maximum Gasteiger partial charge on any atom is 0.226 e. The van der Waals surface area contributed by atoms with Crippen LogP contribution in [0.1, 0.15) is 29.7 Å². The number of aromatic nitrogens is 2. The minimum Gasteiger partial charge on any atom is -0.379 e. The van der Waals surface area contributed by atoms with E-state index < -0.39 is 0 Å². The number of ether oxygens (including phenoxy) is 1. The second-order valence-corrected chi connectivity index (χ2v) is 7.32. The minimum absolute atomic E-state index is 0.826. The molecule has 1 aromatic heterocycles. The summed E-state index contributed by atoms with van der Waals surface area (Å²) in [5.41, 5.74) is 5.93. The van der Waals surface area contributed by atoms with E-state index in [0.717, 1.165) is 63.3 Å². The Hall–Kier alpha value is -1.98. The molecule has 2 aliphatic heterocycles. The predicted octanol–water partition coefficient (Wildman–Crippen LogP) is 3.19. The van der Waals surface area contributed by atoms with Crippen LogP contribution < -0.4 is 4.90 Å². The molecule has 5 nitrogen and oxygen atoms in total. The summed E-state index contributed by atoms with van der Waals surface area (Å²) >= 11 is 0. The average Bonchev–Trinajstić information content (AvgIpc) is 3.20. The summed E-state index contributed by atoms with van der Waals surface area (Å²) in [6, 6.07) is 8.68. The fraction of sp³-hybridized carbons (Fsp3) is 0.524. The summed E-state index contributed by atoms with van der Waals surface area (Å²) in [4.78, 5) is 14.6. The van der Waals surface area contributed by atoms with Gasteiger partial charge in [-0.3, -0.25) is 4.90 Å². The first-order chi connectivity index (χ1) is 12.7. The van der Waals surface area contributed by atoms with Crippen molar-refractivity contribution in [3.05, 3.63) is 41.1 Å². The highest BCUT2D eigenvalue weighted by Gasteiger charge is 2.20. The van der Waals surface area contributed by atoms with Crippen molar-refractivity contribution in [2.24, 2.45) is 0 Å². The first kappa shape index (κ1) is 17.4. The van der Waals surface area contributed by atoms with Crippen LogP contribution >= 0.6 is 0 Å². The summed E-state index contributed by atoms with van der Waals surface area (Å²) in [6.07, 6.45) is 2.47. The van der Waals surface area contributed by atoms with Gasteiger partial charge >= 0.3 is 0 Å². The van der Waals surface area contributed by atoms with Gasteiger partial charge < -0.3 is 9.64 Å². The van der Waals surface area contributed by atoms with Crippen molar-refractivity contribution in [2.45, 2.75) is 33.2 Å². The Morgan fingerprint density at radius 2 is 1.69 bits per heavy atom. The van der Waals surface area contributed by atoms with Gasteiger partial charge in [0.05, 0.1) is 18.9 Å². The number of nitrogens with zero attached hydrogens (tertiary/aromatic N) is 4. The van der Waals surface area contributed by atoms with Crippen molar-refractivity contribution in [3.8, 4) is 11.3 Å². The number of aryl methyl sites for hydroxylation is 1. The number of hydrogen-bond donors (Lipinski definition) is 0. The van der Waals surface area contributed by atoms with Gasteiger partial charge in [-0.25, -0.2) is 9.97 Å². The second kappa shape index (κ2) is 7.72. The van der Waals surface area contributed by atoms with E-state index in [2.05, 4.69) is 47.9 Å². The van der Waals surface area contributed by atoms with E-state index in [0.29, 0.717) is 0 Å². The van der Waals surface area contributed by atoms with Gasteiger partial charge in [-0.05, 0) is 37.8 Å². The van der Waals surface area contributed by atoms with Crippen LogP contribution in [0.5, 0.6) is 0 Å². The van der Waals surface area contributed by atoms with Gasteiger partial charge in [0.25, 0.3) is 0 Å². The molecule has 0 unspecified atom stereocenters. The summed E-state index contributed by atoms with van der Waals surface area (Å²) < 4.78 is 5.49. The Balaban J connectivity index is 1.70. The van der Waals surface area contributed by atoms with Crippen molar-refractivity contribution < 1.29 is 4.74 Å². The molecule has 138 valence electrons. The second-order valence-electron chi connectivity index (χ2n) is 7.32. The van der Waals surface area contributed by atoms with Gasteiger partial charge in [-0.2, -0.15) is 0 Å². The highest BCUT2D eigenvalue weighted by Crippen LogP contribution is 2.30. The van der Waals surface area contributed by atoms with E-state index >= 15 is 0 Å². The fourth-order valence-corrected chi connectivity index (χ4v) is 3.82. The molecule has 0 saturated carbocycles. The minimum atomic E-state index is 0.826. The van der Waals surface area contributed by atoms with Gasteiger partial charge in [0.2, 0.25) is 5.95 Å². The summed E-state index contributed by atoms with van der Waals surface area (Å²) in [7, 11) is 0. The topological polar surface area (TPSA) is 41.5 Å². The van der Waals surface area contributed by atoms with Crippen LogP contribution in [0, 0.1) is 13.8 Å². The van der Waals surface area contributed by atoms with Crippen LogP contribution in [-0.4, -0.2) is 54.3 Å². The normalized spacial score (nSPS) is 18.5. The first-order valence-corrected chi connectivity index (χ1v) is 9.71. The van der Waals surface area contributed by atoms with Crippen LogP contribution in [-0.2, 0) is 11.3 Å². The Morgan fingerprint density at radius 3 is 2.46 bits per heavy atom. The predicted molar refractivity (Wildman–Crippen MR) is 104 cm³/mol. The molecular formula is C21H28N4O. The molecule has 26 heavy (non-hydrogen) atoms. The molecule has 1 aromatic carbocycles. The van der Waals surface area contributed by atoms with Gasteiger partial charge in [-0.15, -0.1) is 0 Å². The molecule has 0 radical (unpaired) electrons. The maximum atomic E-state index is 5.49. The Labute approximate surface area is 156 Å². The number of morpholine rings is 1. The van der Waals surface area contributed by atoms with Gasteiger partial charge in [-0.1, -0.05) is 24.3 Å². The van der Waals surface area contributed by atoms with Gasteiger partial charge in [0.1, 0.15) is 0 Å². The summed E-state index contributed by atoms with van der Waals surface area (Å²) in [5.74, 6) is 0.891. The van der Waals surface area contributed by atoms with Gasteiger partial charge in [0, 0.05) is 44.0 Å². The SMILES string of the molecule is Cc1nc(N2CCCC2)nc(-c2ccccc2CN2CCOCC2)c1C. The lowest BCUT2D eigenvalue weighted by Crippen LogP contribution is -2.35. The van der Waals surface area contributed by atoms with Crippen molar-refractivity contribution >= 4 is 5.95 Å². The Kier molecular flexibility index (Phi) is 5.18. The van der Waals surface area contributed by atoms with Crippen molar-refractivity contribution in [3.63, 3.8) is 0 Å². The van der Waals surface area contributed by atoms with Crippen molar-refractivity contribution in [2.75, 3.05) is 44.3 Å². The number of anilines is 1. The Bertz CT molecular complexity index is 765. The number of benzene rings is 1. The Morgan fingerprint density at radius 1 is 0.962 bits per heavy atom. The molecule has 5 heteroatoms. The lowest BCUT2D eigenvalue weighted by Gasteiger charge is -2.27. The van der Waals surface area contributed by atoms with Gasteiger partial charge in [0.15, 0.2) is 0 Å². The zero-order chi connectivity index (χ0) is 17.9. The molecule has 0 aliphatic carbocycles.